The van der Waals surface area contributed by atoms with Gasteiger partial charge in [-0.05, 0) is 43.7 Å². The number of hydrogen-bond donors (Lipinski definition) is 2. The second-order valence-electron chi connectivity index (χ2n) is 4.57. The number of carbonyl (C=O) groups is 2. The maximum atomic E-state index is 12.1. The fourth-order valence-corrected chi connectivity index (χ4v) is 2.68. The van der Waals surface area contributed by atoms with Crippen LogP contribution >= 0.6 is 11.3 Å². The van der Waals surface area contributed by atoms with Crippen molar-refractivity contribution >= 4 is 34.5 Å². The summed E-state index contributed by atoms with van der Waals surface area (Å²) in [6.07, 6.45) is 0. The van der Waals surface area contributed by atoms with Crippen LogP contribution in [0.15, 0.2) is 30.3 Å². The van der Waals surface area contributed by atoms with Crippen LogP contribution in [0.25, 0.3) is 0 Å². The maximum absolute atomic E-state index is 12.1. The van der Waals surface area contributed by atoms with E-state index in [9.17, 15) is 9.59 Å². The van der Waals surface area contributed by atoms with E-state index in [4.69, 9.17) is 0 Å². The van der Waals surface area contributed by atoms with Crippen molar-refractivity contribution in [2.45, 2.75) is 20.8 Å². The third kappa shape index (κ3) is 3.45. The number of carbonyl (C=O) groups excluding carboxylic acids is 2. The third-order valence-corrected chi connectivity index (χ3v) is 3.98. The molecule has 104 valence electrons. The normalized spacial score (nSPS) is 10.2. The van der Waals surface area contributed by atoms with Crippen molar-refractivity contribution in [3.05, 3.63) is 45.6 Å². The summed E-state index contributed by atoms with van der Waals surface area (Å²) >= 11 is 1.47. The lowest BCUT2D eigenvalue weighted by molar-refractivity contribution is -0.114. The molecule has 2 amide bonds. The second kappa shape index (κ2) is 5.88. The molecule has 0 aliphatic rings. The van der Waals surface area contributed by atoms with E-state index in [0.717, 1.165) is 10.4 Å². The molecule has 0 radical (unpaired) electrons. The van der Waals surface area contributed by atoms with Crippen molar-refractivity contribution in [3.63, 3.8) is 0 Å². The Morgan fingerprint density at radius 3 is 2.25 bits per heavy atom. The van der Waals surface area contributed by atoms with Crippen LogP contribution in [0.4, 0.5) is 11.4 Å². The Morgan fingerprint density at radius 1 is 1.05 bits per heavy atom. The van der Waals surface area contributed by atoms with Gasteiger partial charge in [0.25, 0.3) is 5.91 Å². The highest BCUT2D eigenvalue weighted by molar-refractivity contribution is 7.14. The first-order chi connectivity index (χ1) is 9.45. The van der Waals surface area contributed by atoms with Crippen molar-refractivity contribution in [2.24, 2.45) is 0 Å². The topological polar surface area (TPSA) is 58.2 Å². The molecule has 0 saturated carbocycles. The van der Waals surface area contributed by atoms with Crippen molar-refractivity contribution in [2.75, 3.05) is 10.6 Å². The number of nitrogens with one attached hydrogen (secondary N) is 2. The van der Waals surface area contributed by atoms with Crippen molar-refractivity contribution in [1.82, 2.24) is 0 Å². The van der Waals surface area contributed by atoms with E-state index < -0.39 is 0 Å². The molecule has 2 rings (SSSR count). The van der Waals surface area contributed by atoms with Gasteiger partial charge in [-0.2, -0.15) is 0 Å². The highest BCUT2D eigenvalue weighted by Crippen LogP contribution is 2.22. The molecule has 4 nitrogen and oxygen atoms in total. The monoisotopic (exact) mass is 288 g/mol. The zero-order valence-corrected chi connectivity index (χ0v) is 12.4. The molecular formula is C15H16N2O2S. The molecule has 20 heavy (non-hydrogen) atoms. The summed E-state index contributed by atoms with van der Waals surface area (Å²) < 4.78 is 0. The third-order valence-electron chi connectivity index (χ3n) is 2.83. The first kappa shape index (κ1) is 14.3. The summed E-state index contributed by atoms with van der Waals surface area (Å²) in [6.45, 7) is 5.43. The number of hydrogen-bond acceptors (Lipinski definition) is 3. The standard InChI is InChI=1S/C15H16N2O2S/c1-9-7-14(20-10(9)2)15(19)17-13-6-4-5-12(8-13)16-11(3)18/h4-8H,1-3H3,(H,16,18)(H,17,19). The number of anilines is 2. The molecule has 1 aromatic heterocycles. The summed E-state index contributed by atoms with van der Waals surface area (Å²) in [5, 5.41) is 5.52. The molecule has 0 aliphatic heterocycles. The van der Waals surface area contributed by atoms with Gasteiger partial charge < -0.3 is 10.6 Å². The smallest absolute Gasteiger partial charge is 0.265 e. The van der Waals surface area contributed by atoms with Gasteiger partial charge in [0.2, 0.25) is 5.91 Å². The van der Waals surface area contributed by atoms with Gasteiger partial charge in [-0.3, -0.25) is 9.59 Å². The molecule has 0 atom stereocenters. The summed E-state index contributed by atoms with van der Waals surface area (Å²) in [6, 6.07) is 8.96. The highest BCUT2D eigenvalue weighted by atomic mass is 32.1. The average molecular weight is 288 g/mol. The van der Waals surface area contributed by atoms with Crippen LogP contribution in [0, 0.1) is 13.8 Å². The van der Waals surface area contributed by atoms with E-state index in [1.165, 1.54) is 18.3 Å². The minimum absolute atomic E-state index is 0.133. The zero-order valence-electron chi connectivity index (χ0n) is 11.6. The lowest BCUT2D eigenvalue weighted by Gasteiger charge is -2.06. The predicted octanol–water partition coefficient (Wildman–Crippen LogP) is 3.58. The van der Waals surface area contributed by atoms with E-state index in [0.29, 0.717) is 16.3 Å². The van der Waals surface area contributed by atoms with E-state index in [1.807, 2.05) is 19.9 Å². The lowest BCUT2D eigenvalue weighted by Crippen LogP contribution is -2.11. The summed E-state index contributed by atoms with van der Waals surface area (Å²) in [7, 11) is 0. The molecule has 2 aromatic rings. The fraction of sp³-hybridized carbons (Fsp3) is 0.200. The largest absolute Gasteiger partial charge is 0.326 e. The molecule has 0 bridgehead atoms. The maximum Gasteiger partial charge on any atom is 0.265 e. The van der Waals surface area contributed by atoms with Gasteiger partial charge in [-0.1, -0.05) is 6.07 Å². The number of rotatable bonds is 3. The summed E-state index contributed by atoms with van der Waals surface area (Å²) in [4.78, 5) is 25.0. The molecule has 0 saturated heterocycles. The van der Waals surface area contributed by atoms with Gasteiger partial charge in [0.15, 0.2) is 0 Å². The molecule has 0 unspecified atom stereocenters. The van der Waals surface area contributed by atoms with Crippen LogP contribution < -0.4 is 10.6 Å². The molecule has 2 N–H and O–H groups in total. The SMILES string of the molecule is CC(=O)Nc1cccc(NC(=O)c2cc(C)c(C)s2)c1. The Balaban J connectivity index is 2.13. The van der Waals surface area contributed by atoms with Crippen molar-refractivity contribution < 1.29 is 9.59 Å². The number of aryl methyl sites for hydroxylation is 2. The number of benzene rings is 1. The van der Waals surface area contributed by atoms with Gasteiger partial charge >= 0.3 is 0 Å². The van der Waals surface area contributed by atoms with Crippen LogP contribution in [-0.2, 0) is 4.79 Å². The minimum atomic E-state index is -0.141. The van der Waals surface area contributed by atoms with Crippen LogP contribution in [0.3, 0.4) is 0 Å². The first-order valence-corrected chi connectivity index (χ1v) is 7.03. The van der Waals surface area contributed by atoms with Gasteiger partial charge in [0.1, 0.15) is 0 Å². The number of thiophene rings is 1. The summed E-state index contributed by atoms with van der Waals surface area (Å²) in [5.41, 5.74) is 2.44. The Labute approximate surface area is 121 Å². The Bertz CT molecular complexity index is 642. The van der Waals surface area contributed by atoms with E-state index in [2.05, 4.69) is 10.6 Å². The Kier molecular flexibility index (Phi) is 4.20. The Morgan fingerprint density at radius 2 is 1.70 bits per heavy atom. The average Bonchev–Trinajstić information content (AvgIpc) is 2.69. The predicted molar refractivity (Wildman–Crippen MR) is 82.5 cm³/mol. The molecule has 0 aliphatic carbocycles. The molecule has 0 spiro atoms. The van der Waals surface area contributed by atoms with Crippen LogP contribution in [0.2, 0.25) is 0 Å². The van der Waals surface area contributed by atoms with E-state index >= 15 is 0 Å². The molecule has 5 heteroatoms. The quantitative estimate of drug-likeness (QED) is 0.907. The highest BCUT2D eigenvalue weighted by Gasteiger charge is 2.11. The van der Waals surface area contributed by atoms with E-state index in [1.54, 1.807) is 24.3 Å². The molecule has 0 fully saturated rings. The van der Waals surface area contributed by atoms with E-state index in [-0.39, 0.29) is 11.8 Å². The van der Waals surface area contributed by atoms with Gasteiger partial charge in [-0.25, -0.2) is 0 Å². The van der Waals surface area contributed by atoms with Gasteiger partial charge in [-0.15, -0.1) is 11.3 Å². The fourth-order valence-electron chi connectivity index (χ4n) is 1.76. The molecular weight excluding hydrogens is 272 g/mol. The number of amides is 2. The Hall–Kier alpha value is -2.14. The van der Waals surface area contributed by atoms with Crippen LogP contribution in [-0.4, -0.2) is 11.8 Å². The minimum Gasteiger partial charge on any atom is -0.326 e. The van der Waals surface area contributed by atoms with Gasteiger partial charge in [0.05, 0.1) is 4.88 Å². The zero-order chi connectivity index (χ0) is 14.7. The molecule has 1 heterocycles. The van der Waals surface area contributed by atoms with Crippen molar-refractivity contribution in [1.29, 1.82) is 0 Å². The van der Waals surface area contributed by atoms with Crippen LogP contribution in [0.1, 0.15) is 27.0 Å². The van der Waals surface area contributed by atoms with Gasteiger partial charge in [0, 0.05) is 23.2 Å². The summed E-state index contributed by atoms with van der Waals surface area (Å²) in [5.74, 6) is -0.274. The van der Waals surface area contributed by atoms with Crippen LogP contribution in [0.5, 0.6) is 0 Å². The lowest BCUT2D eigenvalue weighted by atomic mass is 10.2. The second-order valence-corrected chi connectivity index (χ2v) is 5.82. The molecule has 1 aromatic carbocycles. The van der Waals surface area contributed by atoms with Crippen molar-refractivity contribution in [3.8, 4) is 0 Å². The first-order valence-electron chi connectivity index (χ1n) is 6.22.